The lowest BCUT2D eigenvalue weighted by Crippen LogP contribution is -2.49. The molecule has 4 N–H and O–H groups in total. The zero-order valence-electron chi connectivity index (χ0n) is 72.8. The maximum Gasteiger partial charge on any atom is 0.396 e. The van der Waals surface area contributed by atoms with Gasteiger partial charge in [0.05, 0.1) is 98.6 Å². The van der Waals surface area contributed by atoms with Gasteiger partial charge in [-0.1, -0.05) is 148 Å². The predicted octanol–water partition coefficient (Wildman–Crippen LogP) is 13.4. The van der Waals surface area contributed by atoms with Crippen molar-refractivity contribution in [2.24, 2.45) is 35.5 Å². The summed E-state index contributed by atoms with van der Waals surface area (Å²) in [5.74, 6) is -28.0. The van der Waals surface area contributed by atoms with E-state index in [1.165, 1.54) is 58.0 Å². The Kier molecular flexibility index (Phi) is 38.0. The van der Waals surface area contributed by atoms with E-state index in [1.807, 2.05) is 13.8 Å². The van der Waals surface area contributed by atoms with E-state index in [-0.39, 0.29) is 35.4 Å². The van der Waals surface area contributed by atoms with Gasteiger partial charge in [0.25, 0.3) is 0 Å². The van der Waals surface area contributed by atoms with E-state index in [1.54, 1.807) is 0 Å². The fourth-order valence-electron chi connectivity index (χ4n) is 17.4. The second kappa shape index (κ2) is 45.1. The van der Waals surface area contributed by atoms with Crippen molar-refractivity contribution < 1.29 is 209 Å². The number of benzene rings is 5. The molecule has 762 valence electrons. The summed E-state index contributed by atoms with van der Waals surface area (Å²) in [4.78, 5) is 68.5. The fourth-order valence-corrected chi connectivity index (χ4v) is 19.3. The van der Waals surface area contributed by atoms with Crippen LogP contribution in [0.2, 0.25) is 0 Å². The number of carbonyl (C=O) groups is 6. The van der Waals surface area contributed by atoms with Crippen molar-refractivity contribution in [1.29, 1.82) is 0 Å². The minimum absolute atomic E-state index is 0.159. The van der Waals surface area contributed by atoms with Gasteiger partial charge in [0.1, 0.15) is 25.4 Å². The third kappa shape index (κ3) is 29.1. The summed E-state index contributed by atoms with van der Waals surface area (Å²) in [6.07, 6.45) is 5.38. The number of halogens is 16. The van der Waals surface area contributed by atoms with Crippen LogP contribution in [-0.2, 0) is 107 Å². The van der Waals surface area contributed by atoms with E-state index in [9.17, 15) is 171 Å². The molecule has 50 heteroatoms. The van der Waals surface area contributed by atoms with Gasteiger partial charge in [0, 0.05) is 38.0 Å². The van der Waals surface area contributed by atoms with Crippen molar-refractivity contribution in [2.75, 3.05) is 39.6 Å². The first-order valence-electron chi connectivity index (χ1n) is 42.3. The normalized spacial score (nSPS) is 23.8. The van der Waals surface area contributed by atoms with E-state index in [4.69, 9.17) is 18.9 Å². The first-order chi connectivity index (χ1) is 62.0. The molecule has 0 radical (unpaired) electrons. The van der Waals surface area contributed by atoms with Gasteiger partial charge >= 0.3 is 80.5 Å². The standard InChI is InChI=1S/C19H24F4O9S.C18H24F4O9S.C14H10.C10H8.2C6H8F4O5S.2C6H12O/c20-18(21,19(22,23)33(27,28)29)5-6-30-11(24)8-31-14-10-7-9-12(16(25)32-15(9)14)13(10)17(26)3-1-2-4-17;19-17(20,18(21,22)32(26,27)28)5-6-29-14(23)9-30-12-8-11(16(25)3-1-2-4-16)10-7-13(12)31-15(10)24;1-2-6-12-10-14-8-4-3-7-13(14)9-11(12)5-1;1-2-6-10-8-4-3-7-9(10)5-1;2*1-4(11)15-3-2-5(7,8)6(9,10)16(12,13)14;2*1-6(7)4-2-3-5-6/h9-10,12-15,26H,1-8H2,(H,27,28,29);10-13,25H,1-9H2,(H,26,27,28);1-10H;1-8H;2*2-3H2,1H3,(H,12,13,14);2*7H,2-5H2,1H3/p-4. The Morgan fingerprint density at radius 2 is 0.696 bits per heavy atom. The molecule has 2 saturated heterocycles. The third-order valence-corrected chi connectivity index (χ3v) is 28.1. The summed E-state index contributed by atoms with van der Waals surface area (Å²) < 4.78 is 366. The summed E-state index contributed by atoms with van der Waals surface area (Å²) in [5.41, 5.74) is -2.68. The second-order valence-corrected chi connectivity index (χ2v) is 40.2. The van der Waals surface area contributed by atoms with Crippen LogP contribution in [0.1, 0.15) is 175 Å². The van der Waals surface area contributed by atoms with Gasteiger partial charge in [-0.2, -0.15) is 70.2 Å². The van der Waals surface area contributed by atoms with E-state index < -0.39 is 240 Å². The van der Waals surface area contributed by atoms with Gasteiger partial charge < -0.3 is 76.5 Å². The smallest absolute Gasteiger partial charge is 0.396 e. The molecule has 14 rings (SSSR count). The first-order valence-corrected chi connectivity index (χ1v) is 47.9. The molecule has 7 aliphatic carbocycles. The van der Waals surface area contributed by atoms with Crippen LogP contribution in [0.3, 0.4) is 0 Å². The Morgan fingerprint density at radius 3 is 1.00 bits per heavy atom. The van der Waals surface area contributed by atoms with Crippen LogP contribution in [0.5, 0.6) is 0 Å². The highest BCUT2D eigenvalue weighted by Crippen LogP contribution is 2.64. The molecule has 9 aliphatic rings. The Morgan fingerprint density at radius 1 is 0.400 bits per heavy atom. The van der Waals surface area contributed by atoms with Crippen LogP contribution in [0, 0.1) is 35.5 Å². The molecular formula is C85H102F16O30S4-4. The van der Waals surface area contributed by atoms with Crippen molar-refractivity contribution in [2.45, 2.75) is 267 Å². The molecule has 9 fully saturated rings. The number of aliphatic hydroxyl groups is 4. The Hall–Kier alpha value is -8.02. The lowest BCUT2D eigenvalue weighted by Gasteiger charge is -2.40. The Labute approximate surface area is 765 Å². The highest BCUT2D eigenvalue weighted by atomic mass is 32.2. The molecule has 0 amide bonds. The molecule has 10 unspecified atom stereocenters. The number of alkyl halides is 16. The van der Waals surface area contributed by atoms with Crippen molar-refractivity contribution in [3.05, 3.63) is 109 Å². The van der Waals surface area contributed by atoms with Crippen LogP contribution in [0.25, 0.3) is 32.3 Å². The number of esters is 6. The molecule has 2 aliphatic heterocycles. The van der Waals surface area contributed by atoms with Gasteiger partial charge in [-0.3, -0.25) is 19.2 Å². The topological polar surface area (TPSA) is 486 Å². The van der Waals surface area contributed by atoms with E-state index >= 15 is 0 Å². The minimum atomic E-state index is -6.62. The van der Waals surface area contributed by atoms with Gasteiger partial charge in [-0.15, -0.1) is 0 Å². The number of ether oxygens (including phenoxy) is 8. The van der Waals surface area contributed by atoms with Crippen molar-refractivity contribution in [3.63, 3.8) is 0 Å². The van der Waals surface area contributed by atoms with Crippen molar-refractivity contribution >= 4 is 109 Å². The number of carbonyl (C=O) groups excluding carboxylic acids is 6. The SMILES string of the molecule is CC(=O)OCCC(F)(F)C(F)(F)S(=O)(=O)[O-].CC(=O)OCCC(F)(F)C(F)(F)S(=O)(=O)[O-].CC1(O)CCCC1.CC1(O)CCCC1.O=C(COC1C2CC3C1OC(=O)C3C2C1(O)CCCC1)OCCC(F)(F)C(F)(F)S(=O)(=O)[O-].O=C(COC1CC(C2(O)CCCC2)C2CC1OC2=O)OCCC(F)(F)C(F)(F)S(=O)(=O)[O-].c1ccc2cc3ccccc3cc2c1.c1ccc2ccccc2c1. The van der Waals surface area contributed by atoms with Crippen molar-refractivity contribution in [3.8, 4) is 0 Å². The van der Waals surface area contributed by atoms with Crippen LogP contribution in [-0.4, -0.2) is 239 Å². The average molecular weight is 2040 g/mol. The summed E-state index contributed by atoms with van der Waals surface area (Å²) in [5, 5.41) is 25.1. The van der Waals surface area contributed by atoms with Gasteiger partial charge in [-0.25, -0.2) is 43.3 Å². The molecule has 135 heavy (non-hydrogen) atoms. The minimum Gasteiger partial charge on any atom is -0.743 e. The van der Waals surface area contributed by atoms with Gasteiger partial charge in [0.15, 0.2) is 40.5 Å². The predicted molar refractivity (Wildman–Crippen MR) is 436 cm³/mol. The lowest BCUT2D eigenvalue weighted by atomic mass is 9.68. The molecule has 4 bridgehead atoms. The van der Waals surface area contributed by atoms with Crippen LogP contribution < -0.4 is 0 Å². The van der Waals surface area contributed by atoms with E-state index in [2.05, 4.69) is 128 Å². The number of hydrogen-bond donors (Lipinski definition) is 4. The van der Waals surface area contributed by atoms with Crippen LogP contribution >= 0.6 is 0 Å². The molecule has 7 saturated carbocycles. The fraction of sp³-hybridized carbons (Fsp3) is 0.647. The van der Waals surface area contributed by atoms with Gasteiger partial charge in [0.2, 0.25) is 0 Å². The largest absolute Gasteiger partial charge is 0.743 e. The van der Waals surface area contributed by atoms with Crippen molar-refractivity contribution in [1.82, 2.24) is 0 Å². The average Bonchev–Trinajstić information content (AvgIpc) is 1.53. The van der Waals surface area contributed by atoms with Crippen LogP contribution in [0.4, 0.5) is 70.2 Å². The number of fused-ring (bicyclic) bond motifs is 6. The van der Waals surface area contributed by atoms with Gasteiger partial charge in [-0.05, 0) is 128 Å². The zero-order valence-corrected chi connectivity index (χ0v) is 76.0. The maximum absolute atomic E-state index is 13.4. The molecule has 5 aromatic rings. The lowest BCUT2D eigenvalue weighted by molar-refractivity contribution is -0.179. The summed E-state index contributed by atoms with van der Waals surface area (Å²) in [6.45, 7) is -0.786. The molecule has 2 heterocycles. The van der Waals surface area contributed by atoms with Crippen LogP contribution in [0.15, 0.2) is 109 Å². The summed E-state index contributed by atoms with van der Waals surface area (Å²) in [6, 6.07) is 38.1. The Balaban J connectivity index is 0.000000223. The molecule has 0 spiro atoms. The highest BCUT2D eigenvalue weighted by Gasteiger charge is 2.72. The zero-order chi connectivity index (χ0) is 102. The molecule has 5 aromatic carbocycles. The summed E-state index contributed by atoms with van der Waals surface area (Å²) in [7, 11) is -26.2. The molecule has 30 nitrogen and oxygen atoms in total. The number of hydrogen-bond acceptors (Lipinski definition) is 30. The van der Waals surface area contributed by atoms with E-state index in [0.29, 0.717) is 38.5 Å². The summed E-state index contributed by atoms with van der Waals surface area (Å²) >= 11 is 0. The third-order valence-electron chi connectivity index (χ3n) is 24.4. The van der Waals surface area contributed by atoms with E-state index in [0.717, 1.165) is 65.2 Å². The molecular weight excluding hydrogens is 1930 g/mol. The first kappa shape index (κ1) is 114. The monoisotopic (exact) mass is 2030 g/mol. The maximum atomic E-state index is 13.4. The Bertz CT molecular complexity index is 5090. The molecule has 0 aromatic heterocycles. The number of rotatable bonds is 28. The highest BCUT2D eigenvalue weighted by molar-refractivity contribution is 7.87. The second-order valence-electron chi connectivity index (χ2n) is 34.5. The molecule has 10 atom stereocenters. The quantitative estimate of drug-likeness (QED) is 0.0119.